The van der Waals surface area contributed by atoms with E-state index < -0.39 is 11.9 Å². The number of hydrogen-bond donors (Lipinski definition) is 2. The molecule has 0 bridgehead atoms. The highest BCUT2D eigenvalue weighted by Gasteiger charge is 2.38. The number of methoxy groups -OCH3 is 1. The van der Waals surface area contributed by atoms with Gasteiger partial charge in [-0.15, -0.1) is 0 Å². The Hall–Kier alpha value is -5.68. The number of aliphatic carboxylic acids is 1. The number of alkyl halides is 1. The monoisotopic (exact) mass is 976 g/mol. The van der Waals surface area contributed by atoms with Crippen LogP contribution < -0.4 is 4.74 Å². The molecule has 67 heavy (non-hydrogen) atoms. The van der Waals surface area contributed by atoms with Crippen LogP contribution >= 0.6 is 15.9 Å². The molecule has 6 aromatic rings. The molecule has 2 aliphatic rings. The molecule has 0 spiro atoms. The average molecular weight is 978 g/mol. The lowest BCUT2D eigenvalue weighted by Crippen LogP contribution is -2.33. The molecule has 2 aromatic heterocycles. The number of hydrogen-bond acceptors (Lipinski definition) is 9. The molecular weight excluding hydrogens is 909 g/mol. The molecule has 10 nitrogen and oxygen atoms in total. The highest BCUT2D eigenvalue weighted by Crippen LogP contribution is 2.47. The van der Waals surface area contributed by atoms with E-state index >= 15 is 0 Å². The molecule has 0 saturated carbocycles. The number of nitrogens with zero attached hydrogens (tertiary/aromatic N) is 2. The van der Waals surface area contributed by atoms with E-state index in [-0.39, 0.29) is 48.7 Å². The maximum absolute atomic E-state index is 11.4. The lowest BCUT2D eigenvalue weighted by Gasteiger charge is -2.42. The summed E-state index contributed by atoms with van der Waals surface area (Å²) >= 11 is 3.55. The van der Waals surface area contributed by atoms with Crippen molar-refractivity contribution in [1.29, 1.82) is 0 Å². The molecule has 8 rings (SSSR count). The van der Waals surface area contributed by atoms with Crippen molar-refractivity contribution in [2.45, 2.75) is 147 Å². The molecule has 2 N–H and O–H groups in total. The summed E-state index contributed by atoms with van der Waals surface area (Å²) in [6.45, 7) is 19.3. The van der Waals surface area contributed by atoms with Gasteiger partial charge >= 0.3 is 11.9 Å². The Morgan fingerprint density at radius 1 is 0.642 bits per heavy atom. The Balaban J connectivity index is 0.000000204. The molecule has 4 aromatic carbocycles. The van der Waals surface area contributed by atoms with Gasteiger partial charge in [-0.3, -0.25) is 9.59 Å². The third-order valence-corrected chi connectivity index (χ3v) is 14.1. The SMILES string of the molecule is C.CC1(C)CCC(C)(C)c2cc(CBr)ccc21.CC1(C)CCC(C)(C)c2cc(COc3ccc([C@H](CC(=O)O)c4ncco4)cc3)ccc21.COC(=O)C[C@@H](c1ccc(O)cc1)c1ncco1. The van der Waals surface area contributed by atoms with Crippen LogP contribution in [0, 0.1) is 0 Å². The lowest BCUT2D eigenvalue weighted by molar-refractivity contribution is -0.141. The van der Waals surface area contributed by atoms with Crippen molar-refractivity contribution in [3.8, 4) is 11.5 Å². The Labute approximate surface area is 405 Å². The molecule has 0 radical (unpaired) electrons. The highest BCUT2D eigenvalue weighted by molar-refractivity contribution is 9.08. The van der Waals surface area contributed by atoms with Crippen LogP contribution in [0.3, 0.4) is 0 Å². The van der Waals surface area contributed by atoms with E-state index in [4.69, 9.17) is 13.6 Å². The van der Waals surface area contributed by atoms with Crippen LogP contribution in [0.4, 0.5) is 0 Å². The number of carbonyl (C=O) groups is 2. The average Bonchev–Trinajstić information content (AvgIpc) is 4.04. The molecule has 2 heterocycles. The van der Waals surface area contributed by atoms with E-state index in [1.807, 2.05) is 24.3 Å². The van der Waals surface area contributed by atoms with E-state index in [0.29, 0.717) is 29.2 Å². The summed E-state index contributed by atoms with van der Waals surface area (Å²) in [4.78, 5) is 30.9. The van der Waals surface area contributed by atoms with Crippen molar-refractivity contribution in [3.05, 3.63) is 166 Å². The quantitative estimate of drug-likeness (QED) is 0.0898. The standard InChI is InChI=1S/C27H31NO4.C15H21Br.C13H13NO4.CH4/c1-26(2)11-12-27(3,4)23-15-18(5-10-22(23)26)17-32-20-8-6-19(7-9-20)21(16-24(29)30)25-28-13-14-31-25;1-14(2)7-8-15(3,4)13-9-11(10-16)5-6-12(13)14;1-17-12(16)8-11(13-14-6-7-18-13)9-2-4-10(15)5-3-9;/h5-10,13-15,21H,11-12,16-17H2,1-4H3,(H,29,30);5-6,9H,7-8,10H2,1-4H3;2-7,11,15H,8H2,1H3;1H4/t21-;;11-;/m0.0./s1. The predicted molar refractivity (Wildman–Crippen MR) is 267 cm³/mol. The van der Waals surface area contributed by atoms with Crippen LogP contribution in [-0.2, 0) is 47.9 Å². The normalized spacial score (nSPS) is 16.7. The van der Waals surface area contributed by atoms with Gasteiger partial charge in [0.2, 0.25) is 11.8 Å². The molecule has 358 valence electrons. The summed E-state index contributed by atoms with van der Waals surface area (Å²) in [7, 11) is 1.34. The van der Waals surface area contributed by atoms with Crippen LogP contribution in [0.15, 0.2) is 119 Å². The van der Waals surface area contributed by atoms with Gasteiger partial charge < -0.3 is 28.5 Å². The van der Waals surface area contributed by atoms with Crippen LogP contribution in [-0.4, -0.2) is 39.2 Å². The molecule has 0 aliphatic heterocycles. The van der Waals surface area contributed by atoms with E-state index in [0.717, 1.165) is 27.8 Å². The minimum absolute atomic E-state index is 0. The number of aromatic nitrogens is 2. The smallest absolute Gasteiger partial charge is 0.306 e. The molecule has 0 fully saturated rings. The number of oxazole rings is 2. The lowest BCUT2D eigenvalue weighted by atomic mass is 9.63. The number of benzene rings is 4. The molecule has 0 unspecified atom stereocenters. The van der Waals surface area contributed by atoms with Crippen molar-refractivity contribution in [2.75, 3.05) is 7.11 Å². The van der Waals surface area contributed by atoms with Gasteiger partial charge in [-0.1, -0.05) is 139 Å². The number of aromatic hydroxyl groups is 1. The molecule has 2 atom stereocenters. The summed E-state index contributed by atoms with van der Waals surface area (Å²) in [6, 6.07) is 27.8. The first-order valence-corrected chi connectivity index (χ1v) is 23.8. The van der Waals surface area contributed by atoms with Crippen LogP contribution in [0.25, 0.3) is 0 Å². The Morgan fingerprint density at radius 2 is 1.07 bits per heavy atom. The second-order valence-electron chi connectivity index (χ2n) is 20.1. The number of carbonyl (C=O) groups excluding carboxylic acids is 1. The fourth-order valence-corrected chi connectivity index (χ4v) is 9.40. The zero-order valence-corrected chi connectivity index (χ0v) is 41.4. The van der Waals surface area contributed by atoms with Gasteiger partial charge in [0, 0.05) is 5.33 Å². The maximum Gasteiger partial charge on any atom is 0.306 e. The van der Waals surface area contributed by atoms with Gasteiger partial charge in [-0.25, -0.2) is 9.97 Å². The first-order valence-electron chi connectivity index (χ1n) is 22.7. The molecule has 11 heteroatoms. The number of ether oxygens (including phenoxy) is 2. The summed E-state index contributed by atoms with van der Waals surface area (Å²) < 4.78 is 21.3. The third kappa shape index (κ3) is 13.1. The number of carboxylic acids is 1. The third-order valence-electron chi connectivity index (χ3n) is 13.4. The maximum atomic E-state index is 11.4. The van der Waals surface area contributed by atoms with Gasteiger partial charge in [-0.05, 0) is 116 Å². The summed E-state index contributed by atoms with van der Waals surface area (Å²) in [6.07, 6.45) is 11.0. The van der Waals surface area contributed by atoms with Crippen molar-refractivity contribution >= 4 is 27.9 Å². The molecule has 0 amide bonds. The number of phenolic OH excluding ortho intramolecular Hbond substituents is 1. The van der Waals surface area contributed by atoms with Gasteiger partial charge in [-0.2, -0.15) is 0 Å². The fraction of sp³-hybridized carbons (Fsp3) is 0.429. The largest absolute Gasteiger partial charge is 0.508 e. The van der Waals surface area contributed by atoms with Gasteiger partial charge in [0.1, 0.15) is 30.6 Å². The minimum atomic E-state index is -0.896. The first kappa shape index (κ1) is 52.3. The first-order chi connectivity index (χ1) is 31.2. The molecule has 0 saturated heterocycles. The van der Waals surface area contributed by atoms with Gasteiger partial charge in [0.25, 0.3) is 0 Å². The van der Waals surface area contributed by atoms with Crippen molar-refractivity contribution < 1.29 is 38.1 Å². The van der Waals surface area contributed by atoms with E-state index in [1.165, 1.54) is 74.4 Å². The number of carboxylic acid groups (broad SMARTS) is 1. The molecule has 2 aliphatic carbocycles. The van der Waals surface area contributed by atoms with Crippen LogP contribution in [0.2, 0.25) is 0 Å². The van der Waals surface area contributed by atoms with Crippen molar-refractivity contribution in [1.82, 2.24) is 9.97 Å². The van der Waals surface area contributed by atoms with Gasteiger partial charge in [0.15, 0.2) is 0 Å². The van der Waals surface area contributed by atoms with E-state index in [1.54, 1.807) is 35.4 Å². The number of phenols is 1. The van der Waals surface area contributed by atoms with E-state index in [2.05, 4.69) is 122 Å². The second-order valence-corrected chi connectivity index (χ2v) is 20.7. The Kier molecular flexibility index (Phi) is 17.1. The van der Waals surface area contributed by atoms with Crippen LogP contribution in [0.5, 0.6) is 11.5 Å². The Morgan fingerprint density at radius 3 is 1.51 bits per heavy atom. The predicted octanol–water partition coefficient (Wildman–Crippen LogP) is 13.9. The zero-order chi connectivity index (χ0) is 47.9. The van der Waals surface area contributed by atoms with Crippen LogP contribution in [0.1, 0.15) is 169 Å². The second kappa shape index (κ2) is 22.0. The topological polar surface area (TPSA) is 145 Å². The Bertz CT molecular complexity index is 2530. The number of halogens is 1. The summed E-state index contributed by atoms with van der Waals surface area (Å²) in [5.41, 5.74) is 11.2. The van der Waals surface area contributed by atoms with Crippen molar-refractivity contribution in [3.63, 3.8) is 0 Å². The molecular formula is C56H69BrN2O8. The number of esters is 1. The van der Waals surface area contributed by atoms with Gasteiger partial charge in [0.05, 0.1) is 44.2 Å². The summed E-state index contributed by atoms with van der Waals surface area (Å²) in [5.74, 6) is -0.212. The van der Waals surface area contributed by atoms with E-state index in [9.17, 15) is 19.8 Å². The minimum Gasteiger partial charge on any atom is -0.508 e. The number of fused-ring (bicyclic) bond motifs is 2. The van der Waals surface area contributed by atoms with Crippen molar-refractivity contribution in [2.24, 2.45) is 0 Å². The highest BCUT2D eigenvalue weighted by atomic mass is 79.9. The number of rotatable bonds is 12. The fourth-order valence-electron chi connectivity index (χ4n) is 9.05. The zero-order valence-electron chi connectivity index (χ0n) is 39.8. The summed E-state index contributed by atoms with van der Waals surface area (Å²) in [5, 5.41) is 19.5.